The van der Waals surface area contributed by atoms with Gasteiger partial charge in [-0.3, -0.25) is 4.79 Å². The molecular formula is C26H50N6O14. The van der Waals surface area contributed by atoms with Crippen LogP contribution in [0.3, 0.4) is 0 Å². The number of hydrogen-bond donors (Lipinski definition) is 13. The monoisotopic (exact) mass is 670 g/mol. The van der Waals surface area contributed by atoms with E-state index in [0.29, 0.717) is 0 Å². The molecule has 1 aliphatic carbocycles. The van der Waals surface area contributed by atoms with Crippen molar-refractivity contribution in [1.82, 2.24) is 5.32 Å². The van der Waals surface area contributed by atoms with Gasteiger partial charge in [0.1, 0.15) is 48.8 Å². The summed E-state index contributed by atoms with van der Waals surface area (Å²) in [4.78, 5) is 11.1. The fourth-order valence-electron chi connectivity index (χ4n) is 6.32. The lowest BCUT2D eigenvalue weighted by molar-refractivity contribution is -0.306. The number of hydrogen-bond acceptors (Lipinski definition) is 19. The van der Waals surface area contributed by atoms with Crippen LogP contribution in [0.5, 0.6) is 0 Å². The Kier molecular flexibility index (Phi) is 13.0. The molecule has 3 aliphatic heterocycles. The first-order chi connectivity index (χ1) is 21.7. The lowest BCUT2D eigenvalue weighted by Crippen LogP contribution is -2.68. The molecule has 11 unspecified atom stereocenters. The quantitative estimate of drug-likeness (QED) is 0.0916. The topological polar surface area (TPSA) is 356 Å². The highest BCUT2D eigenvalue weighted by Crippen LogP contribution is 2.36. The van der Waals surface area contributed by atoms with Gasteiger partial charge < -0.3 is 98.2 Å². The van der Waals surface area contributed by atoms with Crippen molar-refractivity contribution in [2.24, 2.45) is 34.6 Å². The van der Waals surface area contributed by atoms with E-state index in [1.807, 2.05) is 0 Å². The molecule has 268 valence electrons. The van der Waals surface area contributed by atoms with Gasteiger partial charge in [0, 0.05) is 32.1 Å². The number of nitrogens with one attached hydrogen (secondary N) is 1. The number of carbonyl (C=O) groups excluding carboxylic acids is 1. The van der Waals surface area contributed by atoms with Crippen LogP contribution >= 0.6 is 0 Å². The van der Waals surface area contributed by atoms with Crippen molar-refractivity contribution >= 4 is 5.91 Å². The summed E-state index contributed by atoms with van der Waals surface area (Å²) in [5, 5.41) is 76.4. The van der Waals surface area contributed by atoms with Crippen molar-refractivity contribution in [2.75, 3.05) is 19.7 Å². The fraction of sp³-hybridized carbons (Fsp3) is 0.962. The lowest BCUT2D eigenvalue weighted by Gasteiger charge is -2.47. The minimum absolute atomic E-state index is 0.0654. The van der Waals surface area contributed by atoms with E-state index >= 15 is 0 Å². The van der Waals surface area contributed by atoms with Crippen molar-refractivity contribution < 1.29 is 69.0 Å². The molecule has 4 fully saturated rings. The van der Waals surface area contributed by atoms with Gasteiger partial charge in [0.2, 0.25) is 5.91 Å². The zero-order valence-electron chi connectivity index (χ0n) is 25.4. The minimum atomic E-state index is -1.62. The molecule has 0 aromatic rings. The first kappa shape index (κ1) is 37.6. The molecule has 0 radical (unpaired) electrons. The van der Waals surface area contributed by atoms with E-state index in [1.54, 1.807) is 0 Å². The number of ether oxygens (including phenoxy) is 6. The highest BCUT2D eigenvalue weighted by molar-refractivity contribution is 5.72. The highest BCUT2D eigenvalue weighted by Gasteiger charge is 2.55. The standard InChI is InChI=1S/C26H50N6O14/c1-7(34)32-3-2-10(35)13-14(30)24(46-23(13)40)44-21-12(6-33)42-26(19(21)39)45-22-16(36)8(28)4-9(29)20(22)43-25-15(31)18(38)17(37)11(5-27)41-25/h8-26,33,35-40H,2-6,27-31H2,1H3,(H,32,34)/t8-,9?,10-,11?,12-,13?,14?,15?,16?,17-,18?,19?,20-,21?,22?,23?,24+,25-,26+/m1/s1. The highest BCUT2D eigenvalue weighted by atomic mass is 16.8. The van der Waals surface area contributed by atoms with Crippen LogP contribution in [0.25, 0.3) is 0 Å². The first-order valence-corrected chi connectivity index (χ1v) is 15.3. The molecule has 0 aromatic carbocycles. The van der Waals surface area contributed by atoms with Crippen molar-refractivity contribution in [3.05, 3.63) is 0 Å². The van der Waals surface area contributed by atoms with Crippen LogP contribution in [0.4, 0.5) is 0 Å². The van der Waals surface area contributed by atoms with Crippen LogP contribution in [0.2, 0.25) is 0 Å². The van der Waals surface area contributed by atoms with E-state index in [2.05, 4.69) is 5.32 Å². The van der Waals surface area contributed by atoms with E-state index < -0.39 is 123 Å². The van der Waals surface area contributed by atoms with Crippen molar-refractivity contribution in [1.29, 1.82) is 0 Å². The molecule has 1 saturated carbocycles. The van der Waals surface area contributed by atoms with Crippen LogP contribution < -0.4 is 34.0 Å². The predicted octanol–water partition coefficient (Wildman–Crippen LogP) is -8.12. The van der Waals surface area contributed by atoms with Gasteiger partial charge in [0.05, 0.1) is 36.8 Å². The van der Waals surface area contributed by atoms with Gasteiger partial charge in [-0.1, -0.05) is 0 Å². The molecule has 3 heterocycles. The van der Waals surface area contributed by atoms with Crippen LogP contribution in [0, 0.1) is 5.92 Å². The summed E-state index contributed by atoms with van der Waals surface area (Å²) >= 11 is 0. The van der Waals surface area contributed by atoms with E-state index in [4.69, 9.17) is 57.1 Å². The van der Waals surface area contributed by atoms with Gasteiger partial charge in [-0.05, 0) is 12.8 Å². The fourth-order valence-corrected chi connectivity index (χ4v) is 6.32. The Morgan fingerprint density at radius 2 is 1.41 bits per heavy atom. The molecule has 0 aromatic heterocycles. The van der Waals surface area contributed by atoms with Crippen LogP contribution in [0.15, 0.2) is 0 Å². The Morgan fingerprint density at radius 3 is 2.04 bits per heavy atom. The van der Waals surface area contributed by atoms with Crippen LogP contribution in [-0.2, 0) is 33.2 Å². The molecule has 0 spiro atoms. The largest absolute Gasteiger partial charge is 0.394 e. The molecule has 19 atom stereocenters. The predicted molar refractivity (Wildman–Crippen MR) is 152 cm³/mol. The van der Waals surface area contributed by atoms with Crippen molar-refractivity contribution in [3.8, 4) is 0 Å². The zero-order valence-corrected chi connectivity index (χ0v) is 25.4. The molecule has 4 aliphatic rings. The van der Waals surface area contributed by atoms with E-state index in [1.165, 1.54) is 6.92 Å². The summed E-state index contributed by atoms with van der Waals surface area (Å²) < 4.78 is 34.6. The normalized spacial score (nSPS) is 48.8. The van der Waals surface area contributed by atoms with Gasteiger partial charge >= 0.3 is 0 Å². The second kappa shape index (κ2) is 16.0. The molecule has 46 heavy (non-hydrogen) atoms. The van der Waals surface area contributed by atoms with Gasteiger partial charge in [-0.25, -0.2) is 0 Å². The average Bonchev–Trinajstić information content (AvgIpc) is 3.46. The Bertz CT molecular complexity index is 991. The second-order valence-electron chi connectivity index (χ2n) is 12.3. The molecule has 20 nitrogen and oxygen atoms in total. The lowest BCUT2D eigenvalue weighted by atomic mass is 9.84. The summed E-state index contributed by atoms with van der Waals surface area (Å²) in [7, 11) is 0. The molecule has 18 N–H and O–H groups in total. The molecule has 1 amide bonds. The second-order valence-corrected chi connectivity index (χ2v) is 12.3. The third-order valence-electron chi connectivity index (χ3n) is 9.01. The Labute approximate surface area is 264 Å². The van der Waals surface area contributed by atoms with Gasteiger partial charge in [0.15, 0.2) is 25.2 Å². The summed E-state index contributed by atoms with van der Waals surface area (Å²) in [5.74, 6) is -1.31. The van der Waals surface area contributed by atoms with Crippen LogP contribution in [0.1, 0.15) is 19.8 Å². The Balaban J connectivity index is 1.44. The number of rotatable bonds is 12. The number of aliphatic hydroxyl groups is 7. The third-order valence-corrected chi connectivity index (χ3v) is 9.01. The average molecular weight is 671 g/mol. The van der Waals surface area contributed by atoms with E-state index in [9.17, 15) is 40.5 Å². The Hall–Kier alpha value is -1.25. The van der Waals surface area contributed by atoms with E-state index in [0.717, 1.165) is 0 Å². The molecule has 4 rings (SSSR count). The number of nitrogens with two attached hydrogens (primary N) is 5. The number of carbonyl (C=O) groups is 1. The van der Waals surface area contributed by atoms with E-state index in [-0.39, 0.29) is 31.8 Å². The van der Waals surface area contributed by atoms with Crippen molar-refractivity contribution in [3.63, 3.8) is 0 Å². The molecule has 0 bridgehead atoms. The molecule has 20 heteroatoms. The maximum atomic E-state index is 11.2. The van der Waals surface area contributed by atoms with Gasteiger partial charge in [-0.15, -0.1) is 0 Å². The summed E-state index contributed by atoms with van der Waals surface area (Å²) in [6.45, 7) is 0.619. The Morgan fingerprint density at radius 1 is 0.804 bits per heavy atom. The SMILES string of the molecule is CC(=O)NCC[C@@H](O)C1C(O)O[C@H](OC2C(O)[C@H](OC3C(O)[C@H](N)CC(N)[C@H]3O[C@H]3OC(CN)[C@@H](O)C(O)C3N)O[C@@H]2CO)C1N. The van der Waals surface area contributed by atoms with Gasteiger partial charge in [0.25, 0.3) is 0 Å². The van der Waals surface area contributed by atoms with Crippen molar-refractivity contribution in [2.45, 2.75) is 130 Å². The summed E-state index contributed by atoms with van der Waals surface area (Å²) in [6.07, 6.45) is -18.8. The molecule has 3 saturated heterocycles. The molecular weight excluding hydrogens is 620 g/mol. The smallest absolute Gasteiger partial charge is 0.216 e. The number of aliphatic hydroxyl groups excluding tert-OH is 7. The maximum Gasteiger partial charge on any atom is 0.216 e. The number of amides is 1. The zero-order chi connectivity index (χ0) is 34.0. The summed E-state index contributed by atoms with van der Waals surface area (Å²) in [5.41, 5.74) is 30.4. The van der Waals surface area contributed by atoms with Gasteiger partial charge in [-0.2, -0.15) is 0 Å². The van der Waals surface area contributed by atoms with Crippen LogP contribution in [-0.4, -0.2) is 172 Å². The summed E-state index contributed by atoms with van der Waals surface area (Å²) in [6, 6.07) is -4.07. The first-order valence-electron chi connectivity index (χ1n) is 15.3. The minimum Gasteiger partial charge on any atom is -0.394 e. The maximum absolute atomic E-state index is 11.2. The third kappa shape index (κ3) is 7.96.